The van der Waals surface area contributed by atoms with Gasteiger partial charge in [0.15, 0.2) is 10.7 Å². The maximum Gasteiger partial charge on any atom is 0.387 e. The van der Waals surface area contributed by atoms with Gasteiger partial charge in [0.05, 0.1) is 14.2 Å². The van der Waals surface area contributed by atoms with Crippen molar-refractivity contribution >= 4 is 16.0 Å². The molecule has 1 saturated carbocycles. The maximum absolute atomic E-state index is 13.2. The van der Waals surface area contributed by atoms with Crippen molar-refractivity contribution in [3.63, 3.8) is 0 Å². The smallest absolute Gasteiger partial charge is 0.387 e. The summed E-state index contributed by atoms with van der Waals surface area (Å²) in [6.45, 7) is -2.53. The Morgan fingerprint density at radius 1 is 1.15 bits per heavy atom. The molecule has 5 rings (SSSR count). The van der Waals surface area contributed by atoms with E-state index in [1.54, 1.807) is 10.6 Å². The summed E-state index contributed by atoms with van der Waals surface area (Å²) in [5.41, 5.74) is 1.29. The van der Waals surface area contributed by atoms with Crippen LogP contribution in [0.2, 0.25) is 0 Å². The average molecular weight is 479 g/mol. The molecule has 3 heterocycles. The number of hydrogen-bond donors (Lipinski definition) is 1. The molecule has 10 nitrogen and oxygen atoms in total. The molecule has 0 unspecified atom stereocenters. The Morgan fingerprint density at radius 2 is 1.94 bits per heavy atom. The Balaban J connectivity index is 1.57. The summed E-state index contributed by atoms with van der Waals surface area (Å²) in [4.78, 5) is 3.67. The third-order valence-electron chi connectivity index (χ3n) is 5.84. The normalized spacial score (nSPS) is 15.7. The summed E-state index contributed by atoms with van der Waals surface area (Å²) in [6.07, 6.45) is 3.09. The number of pyridine rings is 1. The molecule has 1 aliphatic carbocycles. The fourth-order valence-electron chi connectivity index (χ4n) is 4.18. The van der Waals surface area contributed by atoms with Gasteiger partial charge in [-0.25, -0.2) is 18.1 Å². The quantitative estimate of drug-likeness (QED) is 0.550. The maximum atomic E-state index is 13.2. The zero-order chi connectivity index (χ0) is 23.4. The predicted molar refractivity (Wildman–Crippen MR) is 111 cm³/mol. The summed E-state index contributed by atoms with van der Waals surface area (Å²) < 4.78 is 70.9. The van der Waals surface area contributed by atoms with Crippen LogP contribution in [0.15, 0.2) is 35.4 Å². The SMILES string of the molecule is COc1ccnc(OC)c1S(=O)(=O)Nc1nnc2n1CC1(CC1)c1ccc(OC(F)F)cc1-2. The predicted octanol–water partition coefficient (Wildman–Crippen LogP) is 2.80. The van der Waals surface area contributed by atoms with E-state index in [2.05, 4.69) is 24.6 Å². The summed E-state index contributed by atoms with van der Waals surface area (Å²) in [7, 11) is -1.60. The van der Waals surface area contributed by atoms with Gasteiger partial charge in [0, 0.05) is 29.8 Å². The molecule has 1 aliphatic heterocycles. The van der Waals surface area contributed by atoms with Gasteiger partial charge in [-0.05, 0) is 30.5 Å². The molecule has 174 valence electrons. The fraction of sp³-hybridized carbons (Fsp3) is 0.350. The lowest BCUT2D eigenvalue weighted by Gasteiger charge is -2.27. The van der Waals surface area contributed by atoms with Crippen molar-refractivity contribution in [2.75, 3.05) is 18.9 Å². The zero-order valence-corrected chi connectivity index (χ0v) is 18.4. The Labute approximate surface area is 187 Å². The standard InChI is InChI=1S/C20H19F2N5O5S/c1-30-14-5-8-23-17(31-2)15(14)33(28,29)26-19-25-24-16-12-9-11(32-18(21)22)3-4-13(12)20(6-7-20)10-27(16)19/h3-5,8-9,18H,6-7,10H2,1-2H3,(H,25,26). The molecule has 0 amide bonds. The minimum absolute atomic E-state index is 0.0111. The molecule has 0 radical (unpaired) electrons. The van der Waals surface area contributed by atoms with E-state index < -0.39 is 16.6 Å². The number of ether oxygens (including phenoxy) is 3. The summed E-state index contributed by atoms with van der Waals surface area (Å²) >= 11 is 0. The number of methoxy groups -OCH3 is 2. The summed E-state index contributed by atoms with van der Waals surface area (Å²) in [5, 5.41) is 8.17. The van der Waals surface area contributed by atoms with E-state index in [1.165, 1.54) is 38.6 Å². The minimum Gasteiger partial charge on any atom is -0.495 e. The molecule has 1 aromatic carbocycles. The number of sulfonamides is 1. The van der Waals surface area contributed by atoms with E-state index in [-0.39, 0.29) is 33.6 Å². The van der Waals surface area contributed by atoms with Crippen molar-refractivity contribution in [2.24, 2.45) is 0 Å². The number of fused-ring (bicyclic) bond motifs is 4. The van der Waals surface area contributed by atoms with Crippen molar-refractivity contribution in [2.45, 2.75) is 36.3 Å². The highest BCUT2D eigenvalue weighted by atomic mass is 32.2. The Kier molecular flexibility index (Phi) is 4.88. The van der Waals surface area contributed by atoms with Crippen molar-refractivity contribution in [3.05, 3.63) is 36.0 Å². The molecule has 3 aromatic rings. The van der Waals surface area contributed by atoms with E-state index in [1.807, 2.05) is 0 Å². The number of aromatic nitrogens is 4. The monoisotopic (exact) mass is 479 g/mol. The van der Waals surface area contributed by atoms with Crippen molar-refractivity contribution in [1.82, 2.24) is 19.7 Å². The van der Waals surface area contributed by atoms with Crippen LogP contribution in [0.25, 0.3) is 11.4 Å². The summed E-state index contributed by atoms with van der Waals surface area (Å²) in [5.74, 6) is 0.228. The number of rotatable bonds is 7. The van der Waals surface area contributed by atoms with Crippen LogP contribution in [0.4, 0.5) is 14.7 Å². The number of benzene rings is 1. The van der Waals surface area contributed by atoms with Crippen LogP contribution in [0, 0.1) is 0 Å². The lowest BCUT2D eigenvalue weighted by atomic mass is 9.88. The van der Waals surface area contributed by atoms with Gasteiger partial charge < -0.3 is 14.2 Å². The van der Waals surface area contributed by atoms with Gasteiger partial charge in [-0.15, -0.1) is 10.2 Å². The molecular formula is C20H19F2N5O5S. The van der Waals surface area contributed by atoms with Crippen LogP contribution in [-0.2, 0) is 22.0 Å². The fourth-order valence-corrected chi connectivity index (χ4v) is 5.45. The highest BCUT2D eigenvalue weighted by Crippen LogP contribution is 2.56. The van der Waals surface area contributed by atoms with Crippen LogP contribution in [-0.4, -0.2) is 49.0 Å². The van der Waals surface area contributed by atoms with E-state index >= 15 is 0 Å². The molecule has 13 heteroatoms. The van der Waals surface area contributed by atoms with E-state index in [0.717, 1.165) is 18.4 Å². The van der Waals surface area contributed by atoms with Crippen molar-refractivity contribution in [1.29, 1.82) is 0 Å². The molecule has 0 bridgehead atoms. The first-order valence-electron chi connectivity index (χ1n) is 9.91. The zero-order valence-electron chi connectivity index (χ0n) is 17.6. The van der Waals surface area contributed by atoms with Crippen LogP contribution in [0.3, 0.4) is 0 Å². The Bertz CT molecular complexity index is 1320. The number of alkyl halides is 2. The van der Waals surface area contributed by atoms with Crippen LogP contribution < -0.4 is 18.9 Å². The number of anilines is 1. The largest absolute Gasteiger partial charge is 0.495 e. The van der Waals surface area contributed by atoms with Gasteiger partial charge in [0.1, 0.15) is 11.5 Å². The van der Waals surface area contributed by atoms with Gasteiger partial charge in [-0.3, -0.25) is 4.57 Å². The molecular weight excluding hydrogens is 460 g/mol. The number of nitrogens with one attached hydrogen (secondary N) is 1. The third kappa shape index (κ3) is 3.52. The first kappa shape index (κ1) is 21.4. The lowest BCUT2D eigenvalue weighted by molar-refractivity contribution is -0.0498. The molecule has 1 fully saturated rings. The second-order valence-electron chi connectivity index (χ2n) is 7.76. The van der Waals surface area contributed by atoms with Crippen LogP contribution in [0.1, 0.15) is 18.4 Å². The second kappa shape index (κ2) is 7.54. The molecule has 33 heavy (non-hydrogen) atoms. The second-order valence-corrected chi connectivity index (χ2v) is 9.38. The van der Waals surface area contributed by atoms with Gasteiger partial charge >= 0.3 is 6.61 Å². The van der Waals surface area contributed by atoms with Gasteiger partial charge in [0.25, 0.3) is 10.0 Å². The van der Waals surface area contributed by atoms with E-state index in [0.29, 0.717) is 17.9 Å². The highest BCUT2D eigenvalue weighted by Gasteiger charge is 2.50. The van der Waals surface area contributed by atoms with E-state index in [9.17, 15) is 17.2 Å². The molecule has 0 saturated heterocycles. The minimum atomic E-state index is -4.23. The first-order chi connectivity index (χ1) is 15.8. The lowest BCUT2D eigenvalue weighted by Crippen LogP contribution is -2.26. The number of halogens is 2. The number of hydrogen-bond acceptors (Lipinski definition) is 8. The summed E-state index contributed by atoms with van der Waals surface area (Å²) in [6, 6.07) is 6.14. The van der Waals surface area contributed by atoms with Gasteiger partial charge in [-0.2, -0.15) is 8.78 Å². The van der Waals surface area contributed by atoms with Gasteiger partial charge in [0.2, 0.25) is 11.8 Å². The molecule has 1 N–H and O–H groups in total. The average Bonchev–Trinajstić information content (AvgIpc) is 3.45. The third-order valence-corrected chi connectivity index (χ3v) is 7.20. The van der Waals surface area contributed by atoms with Crippen molar-refractivity contribution in [3.8, 4) is 28.8 Å². The van der Waals surface area contributed by atoms with Crippen LogP contribution >= 0.6 is 0 Å². The molecule has 2 aliphatic rings. The first-order valence-corrected chi connectivity index (χ1v) is 11.4. The van der Waals surface area contributed by atoms with Crippen LogP contribution in [0.5, 0.6) is 17.4 Å². The Hall–Kier alpha value is -3.48. The molecule has 2 aromatic heterocycles. The Morgan fingerprint density at radius 3 is 2.61 bits per heavy atom. The number of nitrogens with zero attached hydrogens (tertiary/aromatic N) is 4. The highest BCUT2D eigenvalue weighted by molar-refractivity contribution is 7.93. The van der Waals surface area contributed by atoms with Gasteiger partial charge in [-0.1, -0.05) is 6.07 Å². The topological polar surface area (TPSA) is 117 Å². The molecule has 0 atom stereocenters. The molecule has 1 spiro atoms. The van der Waals surface area contributed by atoms with E-state index in [4.69, 9.17) is 9.47 Å². The van der Waals surface area contributed by atoms with Crippen molar-refractivity contribution < 1.29 is 31.4 Å².